The Labute approximate surface area is 178 Å². The van der Waals surface area contributed by atoms with Crippen molar-refractivity contribution >= 4 is 11.8 Å². The summed E-state index contributed by atoms with van der Waals surface area (Å²) in [4.78, 5) is 2.64. The molecule has 2 fully saturated rings. The highest BCUT2D eigenvalue weighted by atomic mass is 15.2. The lowest BCUT2D eigenvalue weighted by atomic mass is 9.94. The summed E-state index contributed by atoms with van der Waals surface area (Å²) in [6.07, 6.45) is 6.75. The molecule has 0 spiro atoms. The van der Waals surface area contributed by atoms with Crippen molar-refractivity contribution in [2.45, 2.75) is 25.4 Å². The number of nitriles is 1. The first kappa shape index (κ1) is 19.3. The molecule has 5 rings (SSSR count). The van der Waals surface area contributed by atoms with Gasteiger partial charge in [-0.2, -0.15) is 5.26 Å². The van der Waals surface area contributed by atoms with E-state index in [-0.39, 0.29) is 0 Å². The van der Waals surface area contributed by atoms with Crippen molar-refractivity contribution in [3.8, 4) is 17.2 Å². The summed E-state index contributed by atoms with van der Waals surface area (Å²) in [5.74, 6) is 0.852. The number of hydrogen-bond donors (Lipinski definition) is 3. The summed E-state index contributed by atoms with van der Waals surface area (Å²) in [5, 5.41) is 18.8. The zero-order valence-corrected chi connectivity index (χ0v) is 17.4. The normalized spacial score (nSPS) is 19.7. The van der Waals surface area contributed by atoms with Crippen LogP contribution in [0.3, 0.4) is 0 Å². The van der Waals surface area contributed by atoms with Crippen molar-refractivity contribution in [1.29, 1.82) is 5.26 Å². The van der Waals surface area contributed by atoms with E-state index in [0.29, 0.717) is 11.6 Å². The van der Waals surface area contributed by atoms with E-state index in [1.54, 1.807) is 0 Å². The summed E-state index contributed by atoms with van der Waals surface area (Å²) in [6, 6.07) is 15.2. The molecule has 30 heavy (non-hydrogen) atoms. The Balaban J connectivity index is 1.35. The lowest BCUT2D eigenvalue weighted by molar-refractivity contribution is -0.604. The molecule has 4 N–H and O–H groups in total. The summed E-state index contributed by atoms with van der Waals surface area (Å²) < 4.78 is 0. The Morgan fingerprint density at radius 1 is 1.13 bits per heavy atom. The number of nitrogens with two attached hydrogens (primary N) is 1. The molecule has 0 amide bonds. The van der Waals surface area contributed by atoms with Gasteiger partial charge < -0.3 is 20.9 Å². The van der Waals surface area contributed by atoms with Gasteiger partial charge in [-0.3, -0.25) is 0 Å². The molecule has 3 heterocycles. The Morgan fingerprint density at radius 2 is 2.00 bits per heavy atom. The predicted octanol–water partition coefficient (Wildman–Crippen LogP) is 2.37. The van der Waals surface area contributed by atoms with Crippen LogP contribution in [0.25, 0.3) is 17.2 Å². The number of quaternary nitrogens is 1. The van der Waals surface area contributed by atoms with E-state index in [1.807, 2.05) is 18.2 Å². The van der Waals surface area contributed by atoms with Crippen molar-refractivity contribution in [3.05, 3.63) is 59.3 Å². The summed E-state index contributed by atoms with van der Waals surface area (Å²) in [5.41, 5.74) is 6.92. The largest absolute Gasteiger partial charge is 0.382 e. The minimum atomic E-state index is 0.525. The Morgan fingerprint density at radius 3 is 2.77 bits per heavy atom. The van der Waals surface area contributed by atoms with E-state index >= 15 is 0 Å². The summed E-state index contributed by atoms with van der Waals surface area (Å²) in [7, 11) is 0. The van der Waals surface area contributed by atoms with Crippen LogP contribution in [-0.2, 0) is 6.54 Å². The first-order valence-electron chi connectivity index (χ1n) is 11.2. The first-order chi connectivity index (χ1) is 14.8. The van der Waals surface area contributed by atoms with Crippen LogP contribution in [0.15, 0.2) is 42.6 Å². The molecule has 5 nitrogen and oxygen atoms in total. The second-order valence-electron chi connectivity index (χ2n) is 8.83. The van der Waals surface area contributed by atoms with Crippen molar-refractivity contribution in [1.82, 2.24) is 10.2 Å². The van der Waals surface area contributed by atoms with Crippen molar-refractivity contribution in [3.63, 3.8) is 0 Å². The number of rotatable bonds is 5. The third-order valence-corrected chi connectivity index (χ3v) is 6.67. The van der Waals surface area contributed by atoms with E-state index < -0.39 is 0 Å². The van der Waals surface area contributed by atoms with Crippen LogP contribution in [0.4, 0.5) is 5.69 Å². The van der Waals surface area contributed by atoms with Crippen LogP contribution < -0.4 is 16.0 Å². The number of hydrogen-bond acceptors (Lipinski definition) is 4. The second-order valence-corrected chi connectivity index (χ2v) is 8.83. The van der Waals surface area contributed by atoms with Gasteiger partial charge in [-0.05, 0) is 65.8 Å². The van der Waals surface area contributed by atoms with Crippen LogP contribution in [0.2, 0.25) is 0 Å². The number of benzene rings is 2. The van der Waals surface area contributed by atoms with Crippen LogP contribution in [0.1, 0.15) is 29.5 Å². The van der Waals surface area contributed by atoms with Gasteiger partial charge in [-0.25, -0.2) is 0 Å². The second kappa shape index (κ2) is 8.61. The number of likely N-dealkylation sites (tertiary alicyclic amines) is 1. The Hall–Kier alpha value is -2.65. The Bertz CT molecular complexity index is 978. The van der Waals surface area contributed by atoms with Crippen molar-refractivity contribution in [2.75, 3.05) is 38.0 Å². The molecular formula is C25H30N5+. The maximum Gasteiger partial charge on any atom is 0.108 e. The van der Waals surface area contributed by atoms with Crippen LogP contribution >= 0.6 is 0 Å². The predicted molar refractivity (Wildman–Crippen MR) is 121 cm³/mol. The minimum absolute atomic E-state index is 0.525. The molecule has 2 aromatic rings. The van der Waals surface area contributed by atoms with Gasteiger partial charge in [0.25, 0.3) is 0 Å². The zero-order valence-electron chi connectivity index (χ0n) is 17.4. The fourth-order valence-electron chi connectivity index (χ4n) is 4.81. The van der Waals surface area contributed by atoms with Crippen LogP contribution in [-0.4, -0.2) is 43.7 Å². The maximum absolute atomic E-state index is 9.28. The molecule has 0 saturated carbocycles. The van der Waals surface area contributed by atoms with Crippen LogP contribution in [0, 0.1) is 17.2 Å². The van der Waals surface area contributed by atoms with E-state index in [1.165, 1.54) is 67.9 Å². The molecule has 2 aromatic carbocycles. The maximum atomic E-state index is 9.28. The molecule has 2 saturated heterocycles. The van der Waals surface area contributed by atoms with Gasteiger partial charge in [-0.15, -0.1) is 0 Å². The minimum Gasteiger partial charge on any atom is -0.382 e. The van der Waals surface area contributed by atoms with Gasteiger partial charge in [0, 0.05) is 50.0 Å². The summed E-state index contributed by atoms with van der Waals surface area (Å²) >= 11 is 0. The fourth-order valence-corrected chi connectivity index (χ4v) is 4.81. The fraction of sp³-hybridized carbons (Fsp3) is 0.400. The zero-order chi connectivity index (χ0) is 20.3. The van der Waals surface area contributed by atoms with Gasteiger partial charge in [-0.1, -0.05) is 12.1 Å². The van der Waals surface area contributed by atoms with Crippen molar-refractivity contribution in [2.24, 2.45) is 5.92 Å². The third-order valence-electron chi connectivity index (χ3n) is 6.67. The molecule has 3 aliphatic heterocycles. The quantitative estimate of drug-likeness (QED) is 0.721. The molecule has 0 atom stereocenters. The van der Waals surface area contributed by atoms with E-state index in [2.05, 4.69) is 57.4 Å². The lowest BCUT2D eigenvalue weighted by Crippen LogP contribution is -2.77. The standard InChI is InChI=1S/C25H29N5/c26-13-18-2-1-3-20(10-18)22-11-21-4-7-27-16-24(21)25(12-22)29-23-5-8-30(9-6-23)17-19-14-28-15-19/h1-4,7,10-12,19,23,27-29H,5-6,8-9,14-17H2/p+1. The molecule has 0 aromatic heterocycles. The molecular weight excluding hydrogens is 370 g/mol. The van der Waals surface area contributed by atoms with Gasteiger partial charge in [0.05, 0.1) is 17.8 Å². The lowest BCUT2D eigenvalue weighted by Gasteiger charge is -2.38. The average Bonchev–Trinajstić information content (AvgIpc) is 2.77. The molecule has 154 valence electrons. The van der Waals surface area contributed by atoms with E-state index in [0.717, 1.165) is 18.0 Å². The topological polar surface area (TPSA) is 67.7 Å². The molecule has 3 aliphatic rings. The number of anilines is 1. The number of piperidine rings is 1. The number of nitrogens with one attached hydrogen (secondary N) is 2. The third kappa shape index (κ3) is 4.13. The first-order valence-corrected chi connectivity index (χ1v) is 11.2. The van der Waals surface area contributed by atoms with Gasteiger partial charge in [0.2, 0.25) is 0 Å². The smallest absolute Gasteiger partial charge is 0.108 e. The highest BCUT2D eigenvalue weighted by Crippen LogP contribution is 2.32. The molecule has 0 aliphatic carbocycles. The van der Waals surface area contributed by atoms with Gasteiger partial charge in [0.1, 0.15) is 6.54 Å². The van der Waals surface area contributed by atoms with Gasteiger partial charge >= 0.3 is 0 Å². The summed E-state index contributed by atoms with van der Waals surface area (Å²) in [6.45, 7) is 6.97. The molecule has 0 bridgehead atoms. The molecule has 0 radical (unpaired) electrons. The van der Waals surface area contributed by atoms with Gasteiger partial charge in [0.15, 0.2) is 0 Å². The average molecular weight is 401 g/mol. The number of fused-ring (bicyclic) bond motifs is 1. The number of nitrogens with zero attached hydrogens (tertiary/aromatic N) is 2. The van der Waals surface area contributed by atoms with E-state index in [4.69, 9.17) is 0 Å². The Kier molecular flexibility index (Phi) is 5.54. The highest BCUT2D eigenvalue weighted by molar-refractivity contribution is 5.77. The van der Waals surface area contributed by atoms with Crippen LogP contribution in [0.5, 0.6) is 0 Å². The molecule has 0 unspecified atom stereocenters. The van der Waals surface area contributed by atoms with Crippen molar-refractivity contribution < 1.29 is 5.32 Å². The monoisotopic (exact) mass is 400 g/mol. The SMILES string of the molecule is N#Cc1cccc(-c2cc3c(c(NC4CCN(CC5CNC5)CC4)c2)C[NH2+]C=C3)c1. The van der Waals surface area contributed by atoms with E-state index in [9.17, 15) is 5.26 Å². The molecule has 5 heteroatoms. The highest BCUT2D eigenvalue weighted by Gasteiger charge is 2.25.